The van der Waals surface area contributed by atoms with Gasteiger partial charge < -0.3 is 15.2 Å². The zero-order valence-electron chi connectivity index (χ0n) is 17.9. The third-order valence-electron chi connectivity index (χ3n) is 4.47. The Morgan fingerprint density at radius 3 is 1.81 bits per heavy atom. The van der Waals surface area contributed by atoms with Gasteiger partial charge in [0.25, 0.3) is 0 Å². The van der Waals surface area contributed by atoms with Crippen molar-refractivity contribution in [3.8, 4) is 5.75 Å². The van der Waals surface area contributed by atoms with E-state index < -0.39 is 0 Å². The Labute approximate surface area is 167 Å². The fourth-order valence-corrected chi connectivity index (χ4v) is 3.72. The number of hydrogen-bond donors (Lipinski definition) is 2. The second-order valence-electron chi connectivity index (χ2n) is 8.71. The smallest absolute Gasteiger partial charge is 0.229 e. The molecule has 0 bridgehead atoms. The number of hydrogen-bond acceptors (Lipinski definition) is 5. The zero-order chi connectivity index (χ0) is 21.0. The van der Waals surface area contributed by atoms with Gasteiger partial charge in [-0.1, -0.05) is 58.5 Å². The highest BCUT2D eigenvalue weighted by Crippen LogP contribution is 2.42. The van der Waals surface area contributed by atoms with Crippen molar-refractivity contribution < 1.29 is 15.1 Å². The lowest BCUT2D eigenvalue weighted by Gasteiger charge is -2.28. The first-order chi connectivity index (χ1) is 12.3. The van der Waals surface area contributed by atoms with E-state index in [1.807, 2.05) is 67.5 Å². The minimum atomic E-state index is -0.242. The molecule has 0 saturated carbocycles. The van der Waals surface area contributed by atoms with Gasteiger partial charge in [-0.2, -0.15) is 0 Å². The highest BCUT2D eigenvalue weighted by molar-refractivity contribution is 8.14. The summed E-state index contributed by atoms with van der Waals surface area (Å²) >= 11 is 1.27. The van der Waals surface area contributed by atoms with Crippen molar-refractivity contribution in [1.29, 1.82) is 0 Å². The Kier molecular flexibility index (Phi) is 7.78. The molecule has 0 aliphatic heterocycles. The number of oxime groups is 1. The second-order valence-corrected chi connectivity index (χ2v) is 9.85. The number of carbonyl (C=O) groups is 1. The molecule has 0 radical (unpaired) electrons. The predicted molar refractivity (Wildman–Crippen MR) is 113 cm³/mol. The van der Waals surface area contributed by atoms with Gasteiger partial charge in [-0.05, 0) is 36.8 Å². The van der Waals surface area contributed by atoms with Crippen molar-refractivity contribution in [3.63, 3.8) is 0 Å². The lowest BCUT2D eigenvalue weighted by Crippen LogP contribution is -2.31. The van der Waals surface area contributed by atoms with E-state index in [2.05, 4.69) is 5.16 Å². The molecular weight excluding hydrogens is 360 g/mol. The number of phenols is 1. The average molecular weight is 395 g/mol. The van der Waals surface area contributed by atoms with Crippen LogP contribution in [0.3, 0.4) is 0 Å². The minimum Gasteiger partial charge on any atom is -0.507 e. The van der Waals surface area contributed by atoms with E-state index in [0.717, 1.165) is 16.0 Å². The van der Waals surface area contributed by atoms with Crippen molar-refractivity contribution in [1.82, 2.24) is 4.90 Å². The Bertz CT molecular complexity index is 661. The third-order valence-corrected chi connectivity index (χ3v) is 5.40. The number of aromatic hydroxyl groups is 1. The monoisotopic (exact) mass is 394 g/mol. The van der Waals surface area contributed by atoms with Gasteiger partial charge in [0, 0.05) is 29.1 Å². The maximum atomic E-state index is 12.4. The standard InChI is InChI=1S/C21H34N2O3S/c1-9-23(10-2)18(24)13-17(22-26)27-14-11-15(20(3,4)5)19(25)16(12-14)21(6,7)8/h11-12,25-26H,9-10,13H2,1-8H3/b22-17-. The van der Waals surface area contributed by atoms with Gasteiger partial charge >= 0.3 is 0 Å². The third kappa shape index (κ3) is 6.16. The normalized spacial score (nSPS) is 13.0. The zero-order valence-corrected chi connectivity index (χ0v) is 18.7. The molecule has 152 valence electrons. The molecule has 0 heterocycles. The number of nitrogens with zero attached hydrogens (tertiary/aromatic N) is 2. The molecule has 0 unspecified atom stereocenters. The molecule has 1 amide bonds. The van der Waals surface area contributed by atoms with Crippen LogP contribution in [0.2, 0.25) is 0 Å². The quantitative estimate of drug-likeness (QED) is 0.239. The van der Waals surface area contributed by atoms with E-state index in [4.69, 9.17) is 0 Å². The molecule has 5 nitrogen and oxygen atoms in total. The fraction of sp³-hybridized carbons (Fsp3) is 0.619. The lowest BCUT2D eigenvalue weighted by molar-refractivity contribution is -0.129. The predicted octanol–water partition coefficient (Wildman–Crippen LogP) is 5.13. The van der Waals surface area contributed by atoms with Crippen molar-refractivity contribution in [2.45, 2.75) is 77.5 Å². The molecule has 6 heteroatoms. The van der Waals surface area contributed by atoms with E-state index in [-0.39, 0.29) is 23.2 Å². The van der Waals surface area contributed by atoms with E-state index in [1.54, 1.807) is 4.90 Å². The first-order valence-corrected chi connectivity index (χ1v) is 10.2. The van der Waals surface area contributed by atoms with Crippen LogP contribution in [0.15, 0.2) is 22.2 Å². The Balaban J connectivity index is 3.27. The van der Waals surface area contributed by atoms with Crippen LogP contribution in [0.25, 0.3) is 0 Å². The molecule has 0 spiro atoms. The molecule has 0 aliphatic rings. The number of thioether (sulfide) groups is 1. The van der Waals surface area contributed by atoms with Crippen LogP contribution in [-0.4, -0.2) is 39.3 Å². The summed E-state index contributed by atoms with van der Waals surface area (Å²) < 4.78 is 0. The molecule has 0 atom stereocenters. The van der Waals surface area contributed by atoms with Crippen molar-refractivity contribution in [2.75, 3.05) is 13.1 Å². The number of carbonyl (C=O) groups excluding carboxylic acids is 1. The fourth-order valence-electron chi connectivity index (χ4n) is 2.86. The summed E-state index contributed by atoms with van der Waals surface area (Å²) in [5, 5.41) is 23.9. The second kappa shape index (κ2) is 9.00. The molecule has 0 aromatic heterocycles. The Morgan fingerprint density at radius 1 is 1.04 bits per heavy atom. The average Bonchev–Trinajstić information content (AvgIpc) is 2.54. The van der Waals surface area contributed by atoms with Gasteiger partial charge in [-0.3, -0.25) is 4.79 Å². The number of benzene rings is 1. The van der Waals surface area contributed by atoms with E-state index in [1.165, 1.54) is 11.8 Å². The van der Waals surface area contributed by atoms with Crippen LogP contribution in [0.4, 0.5) is 0 Å². The van der Waals surface area contributed by atoms with Gasteiger partial charge in [-0.25, -0.2) is 0 Å². The maximum absolute atomic E-state index is 12.4. The van der Waals surface area contributed by atoms with Gasteiger partial charge in [0.2, 0.25) is 5.91 Å². The van der Waals surface area contributed by atoms with Crippen LogP contribution in [-0.2, 0) is 15.6 Å². The van der Waals surface area contributed by atoms with Crippen LogP contribution >= 0.6 is 11.8 Å². The molecule has 0 fully saturated rings. The Hall–Kier alpha value is -1.69. The number of phenolic OH excluding ortho intramolecular Hbond substituents is 1. The Morgan fingerprint density at radius 2 is 1.48 bits per heavy atom. The largest absolute Gasteiger partial charge is 0.507 e. The highest BCUT2D eigenvalue weighted by atomic mass is 32.2. The molecule has 1 rings (SSSR count). The summed E-state index contributed by atoms with van der Waals surface area (Å²) in [5.74, 6) is 0.243. The SMILES string of the molecule is CCN(CC)C(=O)C/C(=N/O)Sc1cc(C(C)(C)C)c(O)c(C(C)(C)C)c1. The van der Waals surface area contributed by atoms with E-state index >= 15 is 0 Å². The van der Waals surface area contributed by atoms with Crippen molar-refractivity contribution in [2.24, 2.45) is 5.16 Å². The summed E-state index contributed by atoms with van der Waals surface area (Å²) in [7, 11) is 0. The van der Waals surface area contributed by atoms with E-state index in [0.29, 0.717) is 23.9 Å². The molecule has 1 aromatic rings. The summed E-state index contributed by atoms with van der Waals surface area (Å²) in [6.07, 6.45) is 0.0550. The number of amides is 1. The van der Waals surface area contributed by atoms with Crippen LogP contribution in [0.1, 0.15) is 72.9 Å². The molecule has 1 aromatic carbocycles. The molecular formula is C21H34N2O3S. The lowest BCUT2D eigenvalue weighted by atomic mass is 9.79. The minimum absolute atomic E-state index is 0.0550. The number of rotatable bonds is 5. The van der Waals surface area contributed by atoms with Gasteiger partial charge in [-0.15, -0.1) is 0 Å². The molecule has 2 N–H and O–H groups in total. The molecule has 0 aliphatic carbocycles. The molecule has 0 saturated heterocycles. The topological polar surface area (TPSA) is 73.1 Å². The first-order valence-electron chi connectivity index (χ1n) is 9.39. The van der Waals surface area contributed by atoms with Crippen LogP contribution in [0.5, 0.6) is 5.75 Å². The van der Waals surface area contributed by atoms with Gasteiger partial charge in [0.1, 0.15) is 10.8 Å². The van der Waals surface area contributed by atoms with Crippen LogP contribution < -0.4 is 0 Å². The summed E-state index contributed by atoms with van der Waals surface area (Å²) in [6.45, 7) is 17.4. The maximum Gasteiger partial charge on any atom is 0.229 e. The summed E-state index contributed by atoms with van der Waals surface area (Å²) in [4.78, 5) is 14.9. The van der Waals surface area contributed by atoms with Crippen LogP contribution in [0, 0.1) is 0 Å². The first kappa shape index (κ1) is 23.3. The van der Waals surface area contributed by atoms with E-state index in [9.17, 15) is 15.1 Å². The van der Waals surface area contributed by atoms with Gasteiger partial charge in [0.05, 0.1) is 6.42 Å². The molecule has 27 heavy (non-hydrogen) atoms. The van der Waals surface area contributed by atoms with Crippen molar-refractivity contribution in [3.05, 3.63) is 23.3 Å². The highest BCUT2D eigenvalue weighted by Gasteiger charge is 2.27. The summed E-state index contributed by atoms with van der Waals surface area (Å²) in [6, 6.07) is 3.84. The van der Waals surface area contributed by atoms with Crippen molar-refractivity contribution >= 4 is 22.7 Å². The summed E-state index contributed by atoms with van der Waals surface area (Å²) in [5.41, 5.74) is 1.19. The van der Waals surface area contributed by atoms with Gasteiger partial charge in [0.15, 0.2) is 0 Å².